The Hall–Kier alpha value is -3.18. The Labute approximate surface area is 182 Å². The van der Waals surface area contributed by atoms with Gasteiger partial charge in [0.1, 0.15) is 15.5 Å². The number of hydrogen-bond acceptors (Lipinski definition) is 10. The minimum Gasteiger partial charge on any atom is -0.336 e. The smallest absolute Gasteiger partial charge is 0.296 e. The van der Waals surface area contributed by atoms with Crippen molar-refractivity contribution < 1.29 is 34.4 Å². The summed E-state index contributed by atoms with van der Waals surface area (Å²) in [6, 6.07) is 8.23. The van der Waals surface area contributed by atoms with Gasteiger partial charge in [0, 0.05) is 0 Å². The van der Waals surface area contributed by atoms with Crippen LogP contribution in [0.1, 0.15) is 5.69 Å². The van der Waals surface area contributed by atoms with Crippen LogP contribution in [-0.4, -0.2) is 43.5 Å². The van der Waals surface area contributed by atoms with Crippen LogP contribution < -0.4 is 5.32 Å². The lowest BCUT2D eigenvalue weighted by Crippen LogP contribution is -2.22. The molecule has 3 N–H and O–H groups in total. The van der Waals surface area contributed by atoms with Crippen LogP contribution in [0.15, 0.2) is 67.4 Å². The first-order valence-corrected chi connectivity index (χ1v) is 12.8. The number of nitrogens with one attached hydrogen (secondary N) is 1. The SMILES string of the molecule is Cc1nn2c(c1/N=N/c1cc(S(=O)(=O)O)ccc1S(=O)(=O)O)Nc1ccccc1S2(=O)=O. The molecule has 0 unspecified atom stereocenters. The fourth-order valence-electron chi connectivity index (χ4n) is 2.97. The Kier molecular flexibility index (Phi) is 4.94. The second-order valence-corrected chi connectivity index (χ2v) is 11.1. The molecule has 1 aliphatic rings. The van der Waals surface area contributed by atoms with E-state index < -0.39 is 45.7 Å². The van der Waals surface area contributed by atoms with Gasteiger partial charge in [0.25, 0.3) is 30.3 Å². The van der Waals surface area contributed by atoms with Gasteiger partial charge in [0.15, 0.2) is 11.5 Å². The van der Waals surface area contributed by atoms with Gasteiger partial charge >= 0.3 is 0 Å². The quantitative estimate of drug-likeness (QED) is 0.277. The fourth-order valence-corrected chi connectivity index (χ4v) is 5.51. The van der Waals surface area contributed by atoms with Crippen molar-refractivity contribution in [1.29, 1.82) is 0 Å². The van der Waals surface area contributed by atoms with E-state index in [9.17, 15) is 34.4 Å². The lowest BCUT2D eigenvalue weighted by molar-refractivity contribution is 0.478. The molecule has 4 rings (SSSR count). The Balaban J connectivity index is 1.88. The summed E-state index contributed by atoms with van der Waals surface area (Å²) in [4.78, 5) is -1.49. The summed E-state index contributed by atoms with van der Waals surface area (Å²) in [7, 11) is -13.6. The fraction of sp³-hybridized carbons (Fsp3) is 0.0625. The maximum atomic E-state index is 12.9. The zero-order valence-corrected chi connectivity index (χ0v) is 18.3. The highest BCUT2D eigenvalue weighted by atomic mass is 32.2. The van der Waals surface area contributed by atoms with E-state index in [1.807, 2.05) is 0 Å². The standard InChI is InChI=1S/C16H13N5O8S3/c1-9-15(16-17-11-4-2-3-5-13(11)30(22,23)21(16)20-9)19-18-12-8-10(31(24,25)26)6-7-14(12)32(27,28)29/h2-8,17H,1H3,(H,24,25,26)(H,27,28,29)/b19-18+. The second-order valence-electron chi connectivity index (χ2n) is 6.53. The number of nitrogens with zero attached hydrogens (tertiary/aromatic N) is 4. The normalized spacial score (nSPS) is 15.2. The first-order valence-electron chi connectivity index (χ1n) is 8.52. The van der Waals surface area contributed by atoms with Crippen LogP contribution in [0.2, 0.25) is 0 Å². The maximum absolute atomic E-state index is 12.9. The molecule has 168 valence electrons. The number of azo groups is 1. The molecular weight excluding hydrogens is 486 g/mol. The summed E-state index contributed by atoms with van der Waals surface area (Å²) >= 11 is 0. The van der Waals surface area contributed by atoms with Gasteiger partial charge in [-0.05, 0) is 37.3 Å². The number of aromatic nitrogens is 2. The molecule has 32 heavy (non-hydrogen) atoms. The minimum absolute atomic E-state index is 0.0204. The van der Waals surface area contributed by atoms with Gasteiger partial charge in [-0.3, -0.25) is 9.11 Å². The van der Waals surface area contributed by atoms with Crippen LogP contribution in [0.4, 0.5) is 22.9 Å². The van der Waals surface area contributed by atoms with E-state index >= 15 is 0 Å². The van der Waals surface area contributed by atoms with Gasteiger partial charge in [-0.1, -0.05) is 12.1 Å². The molecule has 13 nitrogen and oxygen atoms in total. The van der Waals surface area contributed by atoms with E-state index in [4.69, 9.17) is 0 Å². The van der Waals surface area contributed by atoms with E-state index in [2.05, 4.69) is 20.6 Å². The van der Waals surface area contributed by atoms with Crippen molar-refractivity contribution in [2.75, 3.05) is 5.32 Å². The number of hydrogen-bond donors (Lipinski definition) is 3. The van der Waals surface area contributed by atoms with Crippen molar-refractivity contribution in [2.45, 2.75) is 21.6 Å². The van der Waals surface area contributed by atoms with Crippen LogP contribution in [-0.2, 0) is 30.3 Å². The maximum Gasteiger partial charge on any atom is 0.296 e. The van der Waals surface area contributed by atoms with Crippen molar-refractivity contribution in [1.82, 2.24) is 9.19 Å². The molecule has 0 saturated carbocycles. The molecular formula is C16H13N5O8S3. The molecule has 0 bridgehead atoms. The van der Waals surface area contributed by atoms with Crippen LogP contribution in [0.3, 0.4) is 0 Å². The Morgan fingerprint density at radius 2 is 1.69 bits per heavy atom. The molecule has 2 heterocycles. The van der Waals surface area contributed by atoms with Gasteiger partial charge < -0.3 is 5.32 Å². The van der Waals surface area contributed by atoms with E-state index in [0.717, 1.165) is 12.1 Å². The highest BCUT2D eigenvalue weighted by molar-refractivity contribution is 7.90. The number of benzene rings is 2. The molecule has 0 fully saturated rings. The highest BCUT2D eigenvalue weighted by Crippen LogP contribution is 2.41. The number of fused-ring (bicyclic) bond motifs is 2. The predicted molar refractivity (Wildman–Crippen MR) is 110 cm³/mol. The molecule has 0 amide bonds. The molecule has 0 atom stereocenters. The van der Waals surface area contributed by atoms with E-state index in [-0.39, 0.29) is 27.8 Å². The predicted octanol–water partition coefficient (Wildman–Crippen LogP) is 2.39. The average Bonchev–Trinajstić information content (AvgIpc) is 3.01. The third-order valence-electron chi connectivity index (χ3n) is 4.41. The lowest BCUT2D eigenvalue weighted by Gasteiger charge is -2.19. The van der Waals surface area contributed by atoms with E-state index in [1.165, 1.54) is 19.1 Å². The first-order chi connectivity index (χ1) is 14.8. The Morgan fingerprint density at radius 1 is 1.00 bits per heavy atom. The van der Waals surface area contributed by atoms with Crippen LogP contribution >= 0.6 is 0 Å². The molecule has 0 aliphatic carbocycles. The van der Waals surface area contributed by atoms with Gasteiger partial charge in [-0.15, -0.1) is 14.3 Å². The van der Waals surface area contributed by atoms with Gasteiger partial charge in [0.2, 0.25) is 0 Å². The summed E-state index contributed by atoms with van der Waals surface area (Å²) in [5.74, 6) is -0.0794. The zero-order valence-electron chi connectivity index (χ0n) is 15.9. The molecule has 0 spiro atoms. The third kappa shape index (κ3) is 3.67. The second kappa shape index (κ2) is 7.17. The highest BCUT2D eigenvalue weighted by Gasteiger charge is 2.33. The number of rotatable bonds is 4. The van der Waals surface area contributed by atoms with E-state index in [1.54, 1.807) is 12.1 Å². The van der Waals surface area contributed by atoms with Crippen molar-refractivity contribution in [2.24, 2.45) is 10.2 Å². The molecule has 1 aliphatic heterocycles. The lowest BCUT2D eigenvalue weighted by atomic mass is 10.3. The number of aryl methyl sites for hydroxylation is 1. The van der Waals surface area contributed by atoms with Gasteiger partial charge in [-0.2, -0.15) is 30.4 Å². The number of para-hydroxylation sites is 1. The molecule has 1 aromatic heterocycles. The van der Waals surface area contributed by atoms with Crippen molar-refractivity contribution in [3.63, 3.8) is 0 Å². The van der Waals surface area contributed by atoms with Crippen LogP contribution in [0.25, 0.3) is 0 Å². The third-order valence-corrected chi connectivity index (χ3v) is 7.79. The molecule has 0 saturated heterocycles. The van der Waals surface area contributed by atoms with Crippen molar-refractivity contribution in [3.05, 3.63) is 48.2 Å². The minimum atomic E-state index is -4.84. The van der Waals surface area contributed by atoms with Gasteiger partial charge in [0.05, 0.1) is 16.3 Å². The summed E-state index contributed by atoms with van der Waals surface area (Å²) in [5.41, 5.74) is -0.335. The molecule has 2 aromatic carbocycles. The van der Waals surface area contributed by atoms with Crippen molar-refractivity contribution >= 4 is 53.1 Å². The first kappa shape index (κ1) is 22.0. The van der Waals surface area contributed by atoms with Crippen molar-refractivity contribution in [3.8, 4) is 0 Å². The summed E-state index contributed by atoms with van der Waals surface area (Å²) < 4.78 is 91.1. The summed E-state index contributed by atoms with van der Waals surface area (Å²) in [6.45, 7) is 1.43. The topological polar surface area (TPSA) is 197 Å². The number of anilines is 2. The monoisotopic (exact) mass is 499 g/mol. The van der Waals surface area contributed by atoms with Gasteiger partial charge in [-0.25, -0.2) is 0 Å². The van der Waals surface area contributed by atoms with Crippen LogP contribution in [0, 0.1) is 6.92 Å². The average molecular weight is 500 g/mol. The zero-order chi connectivity index (χ0) is 23.5. The molecule has 3 aromatic rings. The summed E-state index contributed by atoms with van der Waals surface area (Å²) in [6.07, 6.45) is 0. The Morgan fingerprint density at radius 3 is 2.34 bits per heavy atom. The van der Waals surface area contributed by atoms with Crippen LogP contribution in [0.5, 0.6) is 0 Å². The molecule has 0 radical (unpaired) electrons. The largest absolute Gasteiger partial charge is 0.336 e. The summed E-state index contributed by atoms with van der Waals surface area (Å²) in [5, 5.41) is 14.4. The van der Waals surface area contributed by atoms with E-state index in [0.29, 0.717) is 10.2 Å². The molecule has 16 heteroatoms. The Bertz CT molecular complexity index is 1620.